The first-order valence-corrected chi connectivity index (χ1v) is 5.33. The number of nitrogens with one attached hydrogen (secondary N) is 1. The van der Waals surface area contributed by atoms with Crippen LogP contribution >= 0.6 is 0 Å². The molecule has 0 aromatic rings. The van der Waals surface area contributed by atoms with Gasteiger partial charge in [-0.1, -0.05) is 0 Å². The van der Waals surface area contributed by atoms with E-state index in [-0.39, 0.29) is 11.5 Å². The fourth-order valence-electron chi connectivity index (χ4n) is 2.12. The van der Waals surface area contributed by atoms with Gasteiger partial charge in [0.05, 0.1) is 12.7 Å². The highest BCUT2D eigenvalue weighted by Crippen LogP contribution is 2.32. The van der Waals surface area contributed by atoms with Crippen molar-refractivity contribution >= 4 is 0 Å². The van der Waals surface area contributed by atoms with E-state index in [1.165, 1.54) is 0 Å². The summed E-state index contributed by atoms with van der Waals surface area (Å²) in [6.07, 6.45) is 2.56. The zero-order valence-electron chi connectivity index (χ0n) is 8.96. The van der Waals surface area contributed by atoms with Crippen LogP contribution < -0.4 is 11.1 Å². The molecule has 2 atom stereocenters. The van der Waals surface area contributed by atoms with Gasteiger partial charge >= 0.3 is 0 Å². The largest absolute Gasteiger partial charge is 0.392 e. The topological polar surface area (TPSA) is 67.5 Å². The van der Waals surface area contributed by atoms with Crippen LogP contribution in [-0.2, 0) is 4.74 Å². The lowest BCUT2D eigenvalue weighted by Gasteiger charge is -2.37. The van der Waals surface area contributed by atoms with Crippen LogP contribution in [0.3, 0.4) is 0 Å². The fraction of sp³-hybridized carbons (Fsp3) is 1.00. The van der Waals surface area contributed by atoms with Crippen molar-refractivity contribution in [2.45, 2.75) is 25.4 Å². The molecule has 0 aromatic heterocycles. The second kappa shape index (κ2) is 5.66. The van der Waals surface area contributed by atoms with Crippen LogP contribution in [0.25, 0.3) is 0 Å². The van der Waals surface area contributed by atoms with Crippen molar-refractivity contribution in [2.24, 2.45) is 11.1 Å². The second-order valence-electron chi connectivity index (χ2n) is 4.28. The van der Waals surface area contributed by atoms with Crippen molar-refractivity contribution in [3.05, 3.63) is 0 Å². The first-order chi connectivity index (χ1) is 6.72. The van der Waals surface area contributed by atoms with Gasteiger partial charge in [-0.15, -0.1) is 0 Å². The number of ether oxygens (including phenoxy) is 1. The predicted molar refractivity (Wildman–Crippen MR) is 56.1 cm³/mol. The van der Waals surface area contributed by atoms with E-state index in [1.807, 2.05) is 7.05 Å². The molecule has 4 nitrogen and oxygen atoms in total. The van der Waals surface area contributed by atoms with Crippen LogP contribution in [0.2, 0.25) is 0 Å². The number of hydrogen-bond acceptors (Lipinski definition) is 4. The van der Waals surface area contributed by atoms with Crippen molar-refractivity contribution in [2.75, 3.05) is 33.4 Å². The van der Waals surface area contributed by atoms with E-state index < -0.39 is 0 Å². The van der Waals surface area contributed by atoms with Gasteiger partial charge in [-0.05, 0) is 26.3 Å². The maximum Gasteiger partial charge on any atom is 0.0671 e. The van der Waals surface area contributed by atoms with E-state index in [9.17, 15) is 5.11 Å². The van der Waals surface area contributed by atoms with E-state index >= 15 is 0 Å². The summed E-state index contributed by atoms with van der Waals surface area (Å²) in [6, 6.07) is 0. The summed E-state index contributed by atoms with van der Waals surface area (Å²) in [6.45, 7) is 2.77. The minimum absolute atomic E-state index is 0.00845. The van der Waals surface area contributed by atoms with Gasteiger partial charge in [-0.3, -0.25) is 0 Å². The van der Waals surface area contributed by atoms with Gasteiger partial charge < -0.3 is 20.9 Å². The van der Waals surface area contributed by atoms with Crippen LogP contribution in [0, 0.1) is 5.41 Å². The molecule has 0 bridgehead atoms. The lowest BCUT2D eigenvalue weighted by Crippen LogP contribution is -2.43. The summed E-state index contributed by atoms with van der Waals surface area (Å²) < 4.78 is 5.44. The Balaban J connectivity index is 2.42. The maximum absolute atomic E-state index is 9.72. The summed E-state index contributed by atoms with van der Waals surface area (Å²) in [7, 11) is 1.84. The molecule has 0 aliphatic carbocycles. The summed E-state index contributed by atoms with van der Waals surface area (Å²) >= 11 is 0. The zero-order valence-corrected chi connectivity index (χ0v) is 8.96. The van der Waals surface area contributed by atoms with Gasteiger partial charge in [0.25, 0.3) is 0 Å². The minimum atomic E-state index is -0.315. The Kier molecular flexibility index (Phi) is 4.81. The summed E-state index contributed by atoms with van der Waals surface area (Å²) in [5.41, 5.74) is 5.78. The van der Waals surface area contributed by atoms with E-state index in [0.29, 0.717) is 19.7 Å². The fourth-order valence-corrected chi connectivity index (χ4v) is 2.12. The third kappa shape index (κ3) is 3.20. The molecule has 1 rings (SSSR count). The molecule has 1 aliphatic heterocycles. The average Bonchev–Trinajstić information content (AvgIpc) is 2.19. The second-order valence-corrected chi connectivity index (χ2v) is 4.28. The van der Waals surface area contributed by atoms with Crippen LogP contribution in [0.1, 0.15) is 19.3 Å². The lowest BCUT2D eigenvalue weighted by molar-refractivity contribution is -0.0295. The van der Waals surface area contributed by atoms with E-state index in [4.69, 9.17) is 10.5 Å². The van der Waals surface area contributed by atoms with Gasteiger partial charge in [-0.2, -0.15) is 0 Å². The average molecular weight is 202 g/mol. The van der Waals surface area contributed by atoms with E-state index in [2.05, 4.69) is 5.32 Å². The Morgan fingerprint density at radius 3 is 2.93 bits per heavy atom. The van der Waals surface area contributed by atoms with Gasteiger partial charge in [0.2, 0.25) is 0 Å². The number of nitrogens with two attached hydrogens (primary N) is 1. The third-order valence-electron chi connectivity index (χ3n) is 2.95. The number of rotatable bonds is 5. The minimum Gasteiger partial charge on any atom is -0.392 e. The molecule has 1 aliphatic rings. The molecular weight excluding hydrogens is 180 g/mol. The molecule has 0 amide bonds. The van der Waals surface area contributed by atoms with Crippen molar-refractivity contribution in [1.82, 2.24) is 5.32 Å². The monoisotopic (exact) mass is 202 g/mol. The SMILES string of the molecule is CNC[C@H](O)C[C@@]1(CN)CCCOC1. The zero-order chi connectivity index (χ0) is 10.4. The highest BCUT2D eigenvalue weighted by Gasteiger charge is 2.33. The predicted octanol–water partition coefficient (Wildman–Crippen LogP) is -0.288. The first kappa shape index (κ1) is 11.9. The molecule has 1 heterocycles. The third-order valence-corrected chi connectivity index (χ3v) is 2.95. The number of likely N-dealkylation sites (N-methyl/N-ethyl adjacent to an activating group) is 1. The molecule has 0 aromatic carbocycles. The molecule has 1 saturated heterocycles. The van der Waals surface area contributed by atoms with Crippen LogP contribution in [0.4, 0.5) is 0 Å². The van der Waals surface area contributed by atoms with Crippen molar-refractivity contribution in [3.63, 3.8) is 0 Å². The molecule has 0 saturated carbocycles. The van der Waals surface area contributed by atoms with Crippen molar-refractivity contribution in [3.8, 4) is 0 Å². The molecule has 0 unspecified atom stereocenters. The Bertz CT molecular complexity index is 158. The highest BCUT2D eigenvalue weighted by molar-refractivity contribution is 4.85. The quantitative estimate of drug-likeness (QED) is 0.573. The number of hydrogen-bond donors (Lipinski definition) is 3. The molecule has 4 heteroatoms. The molecule has 1 fully saturated rings. The molecule has 84 valence electrons. The maximum atomic E-state index is 9.72. The van der Waals surface area contributed by atoms with Crippen molar-refractivity contribution < 1.29 is 9.84 Å². The van der Waals surface area contributed by atoms with Crippen molar-refractivity contribution in [1.29, 1.82) is 0 Å². The number of aliphatic hydroxyl groups excluding tert-OH is 1. The van der Waals surface area contributed by atoms with Crippen LogP contribution in [0.15, 0.2) is 0 Å². The van der Waals surface area contributed by atoms with Gasteiger partial charge in [-0.25, -0.2) is 0 Å². The Morgan fingerprint density at radius 2 is 2.43 bits per heavy atom. The van der Waals surface area contributed by atoms with Crippen LogP contribution in [0.5, 0.6) is 0 Å². The molecule has 0 spiro atoms. The molecule has 4 N–H and O–H groups in total. The van der Waals surface area contributed by atoms with E-state index in [0.717, 1.165) is 25.9 Å². The first-order valence-electron chi connectivity index (χ1n) is 5.33. The normalized spacial score (nSPS) is 30.2. The standard InChI is InChI=1S/C10H22N2O2/c1-12-6-9(13)5-10(7-11)3-2-4-14-8-10/h9,12-13H,2-8,11H2,1H3/t9-,10-/m1/s1. The lowest BCUT2D eigenvalue weighted by atomic mass is 9.78. The smallest absolute Gasteiger partial charge is 0.0671 e. The van der Waals surface area contributed by atoms with Gasteiger partial charge in [0.15, 0.2) is 0 Å². The van der Waals surface area contributed by atoms with Crippen LogP contribution in [-0.4, -0.2) is 44.6 Å². The summed E-state index contributed by atoms with van der Waals surface area (Å²) in [5, 5.41) is 12.7. The summed E-state index contributed by atoms with van der Waals surface area (Å²) in [5.74, 6) is 0. The Labute approximate surface area is 85.8 Å². The Hall–Kier alpha value is -0.160. The van der Waals surface area contributed by atoms with E-state index in [1.54, 1.807) is 0 Å². The Morgan fingerprint density at radius 1 is 1.64 bits per heavy atom. The molecule has 14 heavy (non-hydrogen) atoms. The number of aliphatic hydroxyl groups is 1. The van der Waals surface area contributed by atoms with Gasteiger partial charge in [0.1, 0.15) is 0 Å². The molecule has 0 radical (unpaired) electrons. The van der Waals surface area contributed by atoms with Gasteiger partial charge in [0, 0.05) is 25.1 Å². The summed E-state index contributed by atoms with van der Waals surface area (Å²) in [4.78, 5) is 0. The highest BCUT2D eigenvalue weighted by atomic mass is 16.5. The molecular formula is C10H22N2O2.